The molecule has 0 aliphatic rings. The first-order valence-corrected chi connectivity index (χ1v) is 7.15. The van der Waals surface area contributed by atoms with Crippen molar-refractivity contribution in [3.63, 3.8) is 0 Å². The van der Waals surface area contributed by atoms with Crippen LogP contribution in [0.4, 0.5) is 0 Å². The zero-order valence-electron chi connectivity index (χ0n) is 9.47. The molecule has 0 saturated heterocycles. The van der Waals surface area contributed by atoms with Crippen LogP contribution in [-0.4, -0.2) is 31.9 Å². The number of hydrogen-bond donors (Lipinski definition) is 3. The van der Waals surface area contributed by atoms with Crippen LogP contribution in [0.2, 0.25) is 0 Å². The molecule has 0 unspecified atom stereocenters. The van der Waals surface area contributed by atoms with E-state index in [1.807, 2.05) is 0 Å². The number of primary amides is 1. The van der Waals surface area contributed by atoms with Crippen LogP contribution in [0.3, 0.4) is 0 Å². The highest BCUT2D eigenvalue weighted by Gasteiger charge is 2.21. The third-order valence-corrected chi connectivity index (χ3v) is 4.79. The van der Waals surface area contributed by atoms with E-state index < -0.39 is 21.9 Å². The Kier molecular flexibility index (Phi) is 4.43. The Bertz CT molecular complexity index is 576. The van der Waals surface area contributed by atoms with Gasteiger partial charge in [-0.1, -0.05) is 0 Å². The maximum absolute atomic E-state index is 11.8. The maximum Gasteiger partial charge on any atom is 0.345 e. The van der Waals surface area contributed by atoms with Crippen molar-refractivity contribution in [2.24, 2.45) is 5.73 Å². The maximum atomic E-state index is 11.8. The van der Waals surface area contributed by atoms with Gasteiger partial charge in [-0.15, -0.1) is 11.3 Å². The van der Waals surface area contributed by atoms with Crippen molar-refractivity contribution in [3.8, 4) is 0 Å². The first-order valence-electron chi connectivity index (χ1n) is 4.85. The predicted molar refractivity (Wildman–Crippen MR) is 65.0 cm³/mol. The smallest absolute Gasteiger partial charge is 0.345 e. The molecule has 0 bridgehead atoms. The van der Waals surface area contributed by atoms with Gasteiger partial charge in [-0.25, -0.2) is 17.9 Å². The standard InChI is InChI=1S/C9H12N2O5S2/c1-5-7(4-6(17-5)9(13)14)18(15,16)11-3-2-8(10)12/h4,11H,2-3H2,1H3,(H2,10,12)(H,13,14). The van der Waals surface area contributed by atoms with Crippen LogP contribution in [-0.2, 0) is 14.8 Å². The third-order valence-electron chi connectivity index (χ3n) is 2.04. The summed E-state index contributed by atoms with van der Waals surface area (Å²) < 4.78 is 25.8. The fraction of sp³-hybridized carbons (Fsp3) is 0.333. The van der Waals surface area contributed by atoms with Crippen molar-refractivity contribution in [1.29, 1.82) is 0 Å². The average Bonchev–Trinajstić information content (AvgIpc) is 2.60. The van der Waals surface area contributed by atoms with Gasteiger partial charge in [0, 0.05) is 17.8 Å². The molecule has 0 aromatic carbocycles. The van der Waals surface area contributed by atoms with E-state index >= 15 is 0 Å². The minimum absolute atomic E-state index is 0.0530. The molecule has 9 heteroatoms. The molecule has 18 heavy (non-hydrogen) atoms. The fourth-order valence-electron chi connectivity index (χ4n) is 1.22. The first-order chi connectivity index (χ1) is 8.24. The summed E-state index contributed by atoms with van der Waals surface area (Å²) in [6.07, 6.45) is -0.117. The van der Waals surface area contributed by atoms with Gasteiger partial charge in [0.15, 0.2) is 0 Å². The van der Waals surface area contributed by atoms with Gasteiger partial charge in [-0.2, -0.15) is 0 Å². The largest absolute Gasteiger partial charge is 0.477 e. The Morgan fingerprint density at radius 3 is 2.56 bits per heavy atom. The number of carbonyl (C=O) groups is 2. The number of aryl methyl sites for hydroxylation is 1. The van der Waals surface area contributed by atoms with Crippen LogP contribution in [0.25, 0.3) is 0 Å². The predicted octanol–water partition coefficient (Wildman–Crippen LogP) is -0.0916. The molecule has 0 spiro atoms. The van der Waals surface area contributed by atoms with Crippen LogP contribution in [0.5, 0.6) is 0 Å². The highest BCUT2D eigenvalue weighted by Crippen LogP contribution is 2.25. The number of amides is 1. The van der Waals surface area contributed by atoms with Crippen LogP contribution in [0.15, 0.2) is 11.0 Å². The number of carbonyl (C=O) groups excluding carboxylic acids is 1. The zero-order valence-corrected chi connectivity index (χ0v) is 11.1. The van der Waals surface area contributed by atoms with E-state index in [0.717, 1.165) is 17.4 Å². The van der Waals surface area contributed by atoms with Crippen LogP contribution in [0.1, 0.15) is 21.0 Å². The lowest BCUT2D eigenvalue weighted by molar-refractivity contribution is -0.117. The van der Waals surface area contributed by atoms with E-state index in [4.69, 9.17) is 10.8 Å². The number of nitrogens with two attached hydrogens (primary N) is 1. The summed E-state index contributed by atoms with van der Waals surface area (Å²) in [4.78, 5) is 21.5. The lowest BCUT2D eigenvalue weighted by Crippen LogP contribution is -2.28. The fourth-order valence-corrected chi connectivity index (χ4v) is 3.68. The summed E-state index contributed by atoms with van der Waals surface area (Å²) in [6.45, 7) is 1.40. The van der Waals surface area contributed by atoms with Gasteiger partial charge in [0.05, 0.1) is 4.90 Å². The van der Waals surface area contributed by atoms with E-state index in [0.29, 0.717) is 4.88 Å². The molecular formula is C9H12N2O5S2. The van der Waals surface area contributed by atoms with E-state index in [1.165, 1.54) is 6.92 Å². The molecule has 100 valence electrons. The van der Waals surface area contributed by atoms with E-state index in [-0.39, 0.29) is 22.7 Å². The van der Waals surface area contributed by atoms with Gasteiger partial charge in [0.1, 0.15) is 4.88 Å². The highest BCUT2D eigenvalue weighted by atomic mass is 32.2. The lowest BCUT2D eigenvalue weighted by atomic mass is 10.4. The number of carboxylic acid groups (broad SMARTS) is 1. The van der Waals surface area contributed by atoms with Crippen molar-refractivity contribution in [2.75, 3.05) is 6.54 Å². The third kappa shape index (κ3) is 3.52. The SMILES string of the molecule is Cc1sc(C(=O)O)cc1S(=O)(=O)NCCC(N)=O. The van der Waals surface area contributed by atoms with Gasteiger partial charge in [0.25, 0.3) is 0 Å². The molecule has 0 atom stereocenters. The van der Waals surface area contributed by atoms with Gasteiger partial charge in [0.2, 0.25) is 15.9 Å². The summed E-state index contributed by atoms with van der Waals surface area (Å²) in [6, 6.07) is 1.09. The molecule has 4 N–H and O–H groups in total. The molecule has 1 aromatic heterocycles. The molecule has 1 heterocycles. The molecule has 1 rings (SSSR count). The summed E-state index contributed by atoms with van der Waals surface area (Å²) in [5.41, 5.74) is 4.88. The average molecular weight is 292 g/mol. The number of sulfonamides is 1. The van der Waals surface area contributed by atoms with Gasteiger partial charge in [-0.05, 0) is 13.0 Å². The summed E-state index contributed by atoms with van der Waals surface area (Å²) in [5.74, 6) is -1.80. The minimum atomic E-state index is -3.81. The van der Waals surface area contributed by atoms with E-state index in [2.05, 4.69) is 4.72 Å². The van der Waals surface area contributed by atoms with E-state index in [9.17, 15) is 18.0 Å². The Balaban J connectivity index is 2.91. The number of thiophene rings is 1. The normalized spacial score (nSPS) is 11.4. The summed E-state index contributed by atoms with van der Waals surface area (Å²) in [5, 5.41) is 8.77. The molecule has 0 aliphatic carbocycles. The second kappa shape index (κ2) is 5.46. The summed E-state index contributed by atoms with van der Waals surface area (Å²) >= 11 is 0.879. The van der Waals surface area contributed by atoms with Crippen LogP contribution in [0, 0.1) is 6.92 Å². The number of hydrogen-bond acceptors (Lipinski definition) is 5. The van der Waals surface area contributed by atoms with Gasteiger partial charge < -0.3 is 10.8 Å². The number of carboxylic acids is 1. The Morgan fingerprint density at radius 2 is 2.11 bits per heavy atom. The second-order valence-electron chi connectivity index (χ2n) is 3.45. The van der Waals surface area contributed by atoms with Crippen molar-refractivity contribution < 1.29 is 23.1 Å². The molecule has 0 fully saturated rings. The molecule has 1 aromatic rings. The molecular weight excluding hydrogens is 280 g/mol. The summed E-state index contributed by atoms with van der Waals surface area (Å²) in [7, 11) is -3.81. The Morgan fingerprint density at radius 1 is 1.50 bits per heavy atom. The van der Waals surface area contributed by atoms with E-state index in [1.54, 1.807) is 0 Å². The van der Waals surface area contributed by atoms with Crippen molar-refractivity contribution in [3.05, 3.63) is 15.8 Å². The minimum Gasteiger partial charge on any atom is -0.477 e. The number of nitrogens with one attached hydrogen (secondary N) is 1. The monoisotopic (exact) mass is 292 g/mol. The highest BCUT2D eigenvalue weighted by molar-refractivity contribution is 7.89. The van der Waals surface area contributed by atoms with Crippen molar-refractivity contribution in [1.82, 2.24) is 4.72 Å². The molecule has 0 saturated carbocycles. The van der Waals surface area contributed by atoms with Crippen molar-refractivity contribution >= 4 is 33.2 Å². The Labute approximate surface area is 108 Å². The molecule has 7 nitrogen and oxygen atoms in total. The van der Waals surface area contributed by atoms with Crippen LogP contribution < -0.4 is 10.5 Å². The zero-order chi connectivity index (χ0) is 13.9. The quantitative estimate of drug-likeness (QED) is 0.675. The van der Waals surface area contributed by atoms with Crippen LogP contribution >= 0.6 is 11.3 Å². The molecule has 1 amide bonds. The first kappa shape index (κ1) is 14.6. The van der Waals surface area contributed by atoms with Crippen molar-refractivity contribution in [2.45, 2.75) is 18.2 Å². The van der Waals surface area contributed by atoms with Gasteiger partial charge in [-0.3, -0.25) is 4.79 Å². The molecule has 0 radical (unpaired) electrons. The van der Waals surface area contributed by atoms with Gasteiger partial charge >= 0.3 is 5.97 Å². The molecule has 0 aliphatic heterocycles. The number of rotatable bonds is 6. The topological polar surface area (TPSA) is 127 Å². The Hall–Kier alpha value is -1.45. The number of aromatic carboxylic acids is 1. The lowest BCUT2D eigenvalue weighted by Gasteiger charge is -2.04. The second-order valence-corrected chi connectivity index (χ2v) is 6.44.